The topological polar surface area (TPSA) is 24.9 Å². The second-order valence-corrected chi connectivity index (χ2v) is 5.48. The summed E-state index contributed by atoms with van der Waals surface area (Å²) in [6.07, 6.45) is 2.81. The van der Waals surface area contributed by atoms with Crippen molar-refractivity contribution in [2.75, 3.05) is 5.88 Å². The molecular weight excluding hydrogens is 220 g/mol. The third-order valence-electron chi connectivity index (χ3n) is 2.70. The van der Waals surface area contributed by atoms with E-state index < -0.39 is 0 Å². The van der Waals surface area contributed by atoms with Crippen molar-refractivity contribution in [2.45, 2.75) is 39.8 Å². The standard InChI is InChI=1S/C13H21ClN2/c1-13(2,3)12(7-8-14)16-10-11-6-4-5-9-15-11/h4-6,9,12,16H,7-8,10H2,1-3H3. The first-order chi connectivity index (χ1) is 7.54. The molecule has 0 aliphatic carbocycles. The molecule has 0 aliphatic rings. The van der Waals surface area contributed by atoms with E-state index in [1.54, 1.807) is 0 Å². The van der Waals surface area contributed by atoms with Crippen molar-refractivity contribution >= 4 is 11.6 Å². The van der Waals surface area contributed by atoms with E-state index in [0.717, 1.165) is 18.7 Å². The quantitative estimate of drug-likeness (QED) is 0.800. The lowest BCUT2D eigenvalue weighted by atomic mass is 9.85. The van der Waals surface area contributed by atoms with Gasteiger partial charge in [-0.3, -0.25) is 4.98 Å². The van der Waals surface area contributed by atoms with Crippen LogP contribution in [0.15, 0.2) is 24.4 Å². The molecule has 3 heteroatoms. The summed E-state index contributed by atoms with van der Waals surface area (Å²) in [5.74, 6) is 0.692. The van der Waals surface area contributed by atoms with E-state index in [4.69, 9.17) is 11.6 Å². The molecule has 0 bridgehead atoms. The highest BCUT2D eigenvalue weighted by atomic mass is 35.5. The Morgan fingerprint density at radius 2 is 2.12 bits per heavy atom. The Labute approximate surface area is 103 Å². The van der Waals surface area contributed by atoms with Gasteiger partial charge in [0.15, 0.2) is 0 Å². The average Bonchev–Trinajstić information content (AvgIpc) is 2.24. The molecule has 1 N–H and O–H groups in total. The maximum atomic E-state index is 5.83. The fourth-order valence-electron chi connectivity index (χ4n) is 1.68. The minimum absolute atomic E-state index is 0.226. The molecule has 2 nitrogen and oxygen atoms in total. The van der Waals surface area contributed by atoms with E-state index in [0.29, 0.717) is 11.9 Å². The van der Waals surface area contributed by atoms with Crippen molar-refractivity contribution in [2.24, 2.45) is 5.41 Å². The van der Waals surface area contributed by atoms with Gasteiger partial charge in [-0.1, -0.05) is 26.8 Å². The molecule has 16 heavy (non-hydrogen) atoms. The molecule has 0 amide bonds. The number of alkyl halides is 1. The molecule has 1 heterocycles. The van der Waals surface area contributed by atoms with Gasteiger partial charge in [0.2, 0.25) is 0 Å². The van der Waals surface area contributed by atoms with Gasteiger partial charge in [-0.05, 0) is 24.0 Å². The van der Waals surface area contributed by atoms with E-state index in [-0.39, 0.29) is 5.41 Å². The Morgan fingerprint density at radius 1 is 1.38 bits per heavy atom. The largest absolute Gasteiger partial charge is 0.308 e. The van der Waals surface area contributed by atoms with E-state index in [2.05, 4.69) is 31.1 Å². The maximum Gasteiger partial charge on any atom is 0.0541 e. The Balaban J connectivity index is 2.51. The van der Waals surface area contributed by atoms with Gasteiger partial charge < -0.3 is 5.32 Å². The molecule has 0 spiro atoms. The number of nitrogens with zero attached hydrogens (tertiary/aromatic N) is 1. The van der Waals surface area contributed by atoms with Gasteiger partial charge in [-0.25, -0.2) is 0 Å². The molecule has 1 unspecified atom stereocenters. The van der Waals surface area contributed by atoms with Crippen LogP contribution >= 0.6 is 11.6 Å². The van der Waals surface area contributed by atoms with Crippen LogP contribution < -0.4 is 5.32 Å². The van der Waals surface area contributed by atoms with Crippen LogP contribution in [0.1, 0.15) is 32.9 Å². The monoisotopic (exact) mass is 240 g/mol. The zero-order valence-corrected chi connectivity index (χ0v) is 11.1. The zero-order valence-electron chi connectivity index (χ0n) is 10.3. The lowest BCUT2D eigenvalue weighted by Gasteiger charge is -2.31. The van der Waals surface area contributed by atoms with E-state index in [9.17, 15) is 0 Å². The highest BCUT2D eigenvalue weighted by molar-refractivity contribution is 6.17. The second-order valence-electron chi connectivity index (χ2n) is 5.10. The van der Waals surface area contributed by atoms with Crippen molar-refractivity contribution in [3.63, 3.8) is 0 Å². The first-order valence-corrected chi connectivity index (χ1v) is 6.26. The summed E-state index contributed by atoms with van der Waals surface area (Å²) in [5, 5.41) is 3.53. The van der Waals surface area contributed by atoms with Crippen molar-refractivity contribution in [1.29, 1.82) is 0 Å². The number of hydrogen-bond donors (Lipinski definition) is 1. The fourth-order valence-corrected chi connectivity index (χ4v) is 1.90. The lowest BCUT2D eigenvalue weighted by Crippen LogP contribution is -2.40. The Hall–Kier alpha value is -0.600. The molecule has 0 radical (unpaired) electrons. The van der Waals surface area contributed by atoms with Crippen LogP contribution in [-0.4, -0.2) is 16.9 Å². The first kappa shape index (κ1) is 13.5. The molecule has 1 rings (SSSR count). The van der Waals surface area contributed by atoms with Gasteiger partial charge in [0.05, 0.1) is 5.69 Å². The van der Waals surface area contributed by atoms with Crippen molar-refractivity contribution in [3.05, 3.63) is 30.1 Å². The zero-order chi connectivity index (χ0) is 12.0. The lowest BCUT2D eigenvalue weighted by molar-refractivity contribution is 0.260. The predicted molar refractivity (Wildman–Crippen MR) is 69.7 cm³/mol. The van der Waals surface area contributed by atoms with E-state index >= 15 is 0 Å². The van der Waals surface area contributed by atoms with Crippen molar-refractivity contribution < 1.29 is 0 Å². The van der Waals surface area contributed by atoms with Gasteiger partial charge in [0.1, 0.15) is 0 Å². The molecule has 1 aromatic rings. The minimum atomic E-state index is 0.226. The van der Waals surface area contributed by atoms with Crippen molar-refractivity contribution in [1.82, 2.24) is 10.3 Å². The van der Waals surface area contributed by atoms with Crippen molar-refractivity contribution in [3.8, 4) is 0 Å². The molecule has 0 saturated carbocycles. The van der Waals surface area contributed by atoms with Crippen LogP contribution in [0.3, 0.4) is 0 Å². The number of aromatic nitrogens is 1. The summed E-state index contributed by atoms with van der Waals surface area (Å²) in [5.41, 5.74) is 1.30. The van der Waals surface area contributed by atoms with Gasteiger partial charge in [-0.2, -0.15) is 0 Å². The van der Waals surface area contributed by atoms with Crippen LogP contribution in [0.4, 0.5) is 0 Å². The smallest absolute Gasteiger partial charge is 0.0541 e. The van der Waals surface area contributed by atoms with Gasteiger partial charge in [0, 0.05) is 24.7 Å². The summed E-state index contributed by atoms with van der Waals surface area (Å²) in [7, 11) is 0. The molecule has 0 aromatic carbocycles. The fraction of sp³-hybridized carbons (Fsp3) is 0.615. The normalized spacial score (nSPS) is 13.8. The minimum Gasteiger partial charge on any atom is -0.308 e. The SMILES string of the molecule is CC(C)(C)C(CCCl)NCc1ccccn1. The summed E-state index contributed by atoms with van der Waals surface area (Å²) in [6.45, 7) is 7.50. The summed E-state index contributed by atoms with van der Waals surface area (Å²) >= 11 is 5.83. The van der Waals surface area contributed by atoms with Gasteiger partial charge >= 0.3 is 0 Å². The van der Waals surface area contributed by atoms with Crippen LogP contribution in [0.5, 0.6) is 0 Å². The molecule has 0 fully saturated rings. The summed E-state index contributed by atoms with van der Waals surface area (Å²) < 4.78 is 0. The number of nitrogens with one attached hydrogen (secondary N) is 1. The Kier molecular flexibility index (Phi) is 5.23. The second kappa shape index (κ2) is 6.21. The predicted octanol–water partition coefficient (Wildman–Crippen LogP) is 3.21. The number of rotatable bonds is 5. The third-order valence-corrected chi connectivity index (χ3v) is 2.92. The highest BCUT2D eigenvalue weighted by Crippen LogP contribution is 2.22. The Morgan fingerprint density at radius 3 is 2.62 bits per heavy atom. The number of hydrogen-bond acceptors (Lipinski definition) is 2. The maximum absolute atomic E-state index is 5.83. The van der Waals surface area contributed by atoms with Crippen LogP contribution in [-0.2, 0) is 6.54 Å². The average molecular weight is 241 g/mol. The van der Waals surface area contributed by atoms with Crippen LogP contribution in [0, 0.1) is 5.41 Å². The number of halogens is 1. The van der Waals surface area contributed by atoms with Crippen LogP contribution in [0.25, 0.3) is 0 Å². The molecule has 1 atom stereocenters. The molecular formula is C13H21ClN2. The van der Waals surface area contributed by atoms with E-state index in [1.165, 1.54) is 0 Å². The number of pyridine rings is 1. The van der Waals surface area contributed by atoms with E-state index in [1.807, 2.05) is 24.4 Å². The van der Waals surface area contributed by atoms with Gasteiger partial charge in [-0.15, -0.1) is 11.6 Å². The molecule has 90 valence electrons. The highest BCUT2D eigenvalue weighted by Gasteiger charge is 2.23. The first-order valence-electron chi connectivity index (χ1n) is 5.73. The molecule has 0 aliphatic heterocycles. The van der Waals surface area contributed by atoms with Crippen LogP contribution in [0.2, 0.25) is 0 Å². The Bertz CT molecular complexity index is 293. The molecule has 1 aromatic heterocycles. The van der Waals surface area contributed by atoms with Gasteiger partial charge in [0.25, 0.3) is 0 Å². The summed E-state index contributed by atoms with van der Waals surface area (Å²) in [6, 6.07) is 6.40. The molecule has 0 saturated heterocycles. The third kappa shape index (κ3) is 4.50. The summed E-state index contributed by atoms with van der Waals surface area (Å²) in [4.78, 5) is 4.30.